The van der Waals surface area contributed by atoms with Gasteiger partial charge in [-0.15, -0.1) is 0 Å². The zero-order valence-corrected chi connectivity index (χ0v) is 18.0. The lowest BCUT2D eigenvalue weighted by Gasteiger charge is -2.32. The minimum Gasteiger partial charge on any atom is -0.468 e. The van der Waals surface area contributed by atoms with Crippen molar-refractivity contribution in [3.05, 3.63) is 58.7 Å². The van der Waals surface area contributed by atoms with Crippen molar-refractivity contribution in [2.24, 2.45) is 0 Å². The lowest BCUT2D eigenvalue weighted by molar-refractivity contribution is -0.154. The molecular formula is C22H25F3N4O3. The summed E-state index contributed by atoms with van der Waals surface area (Å²) < 4.78 is 42.0. The van der Waals surface area contributed by atoms with Gasteiger partial charge in [0.05, 0.1) is 12.1 Å². The number of pyridine rings is 2. The standard InChI is InChI=1S/C22H25F3N4O3/c1-13-8-17(10-28-21(13)32-12-22(23,24)25)15(3)29-7-5-16-4-6-26-19(18(16)11-29)20(31)27-9-14(2)30/h4-8,10,14-15,30H,9,11-12H2,1-3H3,(H,27,31)/t14-,15?/m0/s1. The number of nitrogens with zero attached hydrogens (tertiary/aromatic N) is 3. The third kappa shape index (κ3) is 5.76. The van der Waals surface area contributed by atoms with Crippen molar-refractivity contribution in [3.63, 3.8) is 0 Å². The first-order valence-corrected chi connectivity index (χ1v) is 10.1. The van der Waals surface area contributed by atoms with Crippen LogP contribution >= 0.6 is 0 Å². The summed E-state index contributed by atoms with van der Waals surface area (Å²) >= 11 is 0. The smallest absolute Gasteiger partial charge is 0.422 e. The predicted octanol–water partition coefficient (Wildman–Crippen LogP) is 3.38. The highest BCUT2D eigenvalue weighted by Crippen LogP contribution is 2.31. The second-order valence-electron chi connectivity index (χ2n) is 7.74. The maximum Gasteiger partial charge on any atom is 0.422 e. The lowest BCUT2D eigenvalue weighted by atomic mass is 9.99. The summed E-state index contributed by atoms with van der Waals surface area (Å²) in [5.74, 6) is -0.423. The molecule has 32 heavy (non-hydrogen) atoms. The number of aliphatic hydroxyl groups is 1. The first-order chi connectivity index (χ1) is 15.0. The molecule has 10 heteroatoms. The Morgan fingerprint density at radius 2 is 2.09 bits per heavy atom. The number of fused-ring (bicyclic) bond motifs is 1. The number of carbonyl (C=O) groups is 1. The van der Waals surface area contributed by atoms with E-state index in [1.165, 1.54) is 6.20 Å². The molecular weight excluding hydrogens is 425 g/mol. The van der Waals surface area contributed by atoms with E-state index >= 15 is 0 Å². The first-order valence-electron chi connectivity index (χ1n) is 10.1. The van der Waals surface area contributed by atoms with Crippen molar-refractivity contribution >= 4 is 12.0 Å². The van der Waals surface area contributed by atoms with E-state index in [2.05, 4.69) is 15.3 Å². The van der Waals surface area contributed by atoms with E-state index in [1.54, 1.807) is 26.1 Å². The van der Waals surface area contributed by atoms with Crippen LogP contribution in [-0.2, 0) is 6.54 Å². The quantitative estimate of drug-likeness (QED) is 0.673. The van der Waals surface area contributed by atoms with Crippen LogP contribution in [0.5, 0.6) is 5.88 Å². The molecule has 1 aliphatic heterocycles. The van der Waals surface area contributed by atoms with E-state index in [0.29, 0.717) is 12.1 Å². The number of aliphatic hydroxyl groups excluding tert-OH is 1. The van der Waals surface area contributed by atoms with Gasteiger partial charge in [0.2, 0.25) is 5.88 Å². The van der Waals surface area contributed by atoms with Crippen LogP contribution in [0.3, 0.4) is 0 Å². The van der Waals surface area contributed by atoms with Crippen molar-refractivity contribution in [2.75, 3.05) is 13.2 Å². The molecule has 0 spiro atoms. The molecule has 2 aromatic heterocycles. The van der Waals surface area contributed by atoms with Gasteiger partial charge in [-0.1, -0.05) is 0 Å². The zero-order chi connectivity index (χ0) is 23.5. The van der Waals surface area contributed by atoms with Crippen LogP contribution in [0.1, 0.15) is 52.6 Å². The number of nitrogens with one attached hydrogen (secondary N) is 1. The number of carbonyl (C=O) groups excluding carboxylic acids is 1. The van der Waals surface area contributed by atoms with Crippen LogP contribution in [0, 0.1) is 6.92 Å². The molecule has 2 aromatic rings. The van der Waals surface area contributed by atoms with Crippen molar-refractivity contribution in [2.45, 2.75) is 45.6 Å². The van der Waals surface area contributed by atoms with Gasteiger partial charge in [-0.2, -0.15) is 13.2 Å². The Kier molecular flexibility index (Phi) is 7.02. The summed E-state index contributed by atoms with van der Waals surface area (Å²) in [7, 11) is 0. The number of alkyl halides is 3. The van der Waals surface area contributed by atoms with Crippen LogP contribution in [0.25, 0.3) is 6.08 Å². The largest absolute Gasteiger partial charge is 0.468 e. The van der Waals surface area contributed by atoms with Gasteiger partial charge in [-0.05, 0) is 50.1 Å². The molecule has 7 nitrogen and oxygen atoms in total. The third-order valence-corrected chi connectivity index (χ3v) is 5.06. The minimum atomic E-state index is -4.43. The highest BCUT2D eigenvalue weighted by atomic mass is 19.4. The van der Waals surface area contributed by atoms with Crippen LogP contribution in [0.4, 0.5) is 13.2 Å². The van der Waals surface area contributed by atoms with Gasteiger partial charge in [-0.25, -0.2) is 4.98 Å². The summed E-state index contributed by atoms with van der Waals surface area (Å²) in [5, 5.41) is 12.1. The van der Waals surface area contributed by atoms with Crippen molar-refractivity contribution in [3.8, 4) is 5.88 Å². The molecule has 1 aliphatic rings. The number of halogens is 3. The fraction of sp³-hybridized carbons (Fsp3) is 0.409. The molecule has 3 rings (SSSR count). The lowest BCUT2D eigenvalue weighted by Crippen LogP contribution is -2.33. The fourth-order valence-electron chi connectivity index (χ4n) is 3.33. The number of hydrogen-bond donors (Lipinski definition) is 2. The van der Waals surface area contributed by atoms with Gasteiger partial charge in [0.15, 0.2) is 6.61 Å². The Hall–Kier alpha value is -3.14. The van der Waals surface area contributed by atoms with E-state index in [-0.39, 0.29) is 30.1 Å². The van der Waals surface area contributed by atoms with Gasteiger partial charge < -0.3 is 20.1 Å². The molecule has 0 radical (unpaired) electrons. The van der Waals surface area contributed by atoms with Gasteiger partial charge in [0.1, 0.15) is 5.69 Å². The Bertz CT molecular complexity index is 1010. The van der Waals surface area contributed by atoms with Crippen LogP contribution in [0.2, 0.25) is 0 Å². The number of amides is 1. The number of aromatic nitrogens is 2. The van der Waals surface area contributed by atoms with Crippen LogP contribution in [0.15, 0.2) is 30.7 Å². The summed E-state index contributed by atoms with van der Waals surface area (Å²) in [6.07, 6.45) is 1.73. The van der Waals surface area contributed by atoms with Crippen LogP contribution in [-0.4, -0.2) is 51.3 Å². The number of rotatable bonds is 7. The van der Waals surface area contributed by atoms with Gasteiger partial charge in [0.25, 0.3) is 5.91 Å². The molecule has 0 saturated heterocycles. The van der Waals surface area contributed by atoms with E-state index in [4.69, 9.17) is 4.74 Å². The molecule has 0 saturated carbocycles. The molecule has 172 valence electrons. The molecule has 0 fully saturated rings. The van der Waals surface area contributed by atoms with Crippen molar-refractivity contribution in [1.29, 1.82) is 0 Å². The topological polar surface area (TPSA) is 87.6 Å². The normalized spacial score (nSPS) is 15.2. The molecule has 0 aliphatic carbocycles. The monoisotopic (exact) mass is 450 g/mol. The average Bonchev–Trinajstić information content (AvgIpc) is 2.74. The van der Waals surface area contributed by atoms with E-state index < -0.39 is 18.9 Å². The highest BCUT2D eigenvalue weighted by Gasteiger charge is 2.29. The highest BCUT2D eigenvalue weighted by molar-refractivity contribution is 5.94. The molecule has 0 aromatic carbocycles. The van der Waals surface area contributed by atoms with E-state index in [9.17, 15) is 23.1 Å². The van der Waals surface area contributed by atoms with Crippen molar-refractivity contribution < 1.29 is 27.8 Å². The second-order valence-corrected chi connectivity index (χ2v) is 7.74. The molecule has 2 atom stereocenters. The summed E-state index contributed by atoms with van der Waals surface area (Å²) in [6.45, 7) is 4.29. The summed E-state index contributed by atoms with van der Waals surface area (Å²) in [5.41, 5.74) is 3.20. The van der Waals surface area contributed by atoms with Gasteiger partial charge in [0, 0.05) is 42.8 Å². The first kappa shape index (κ1) is 23.5. The van der Waals surface area contributed by atoms with Crippen LogP contribution < -0.4 is 10.1 Å². The molecule has 1 unspecified atom stereocenters. The molecule has 1 amide bonds. The summed E-state index contributed by atoms with van der Waals surface area (Å²) in [6, 6.07) is 3.39. The Morgan fingerprint density at radius 3 is 2.75 bits per heavy atom. The number of aryl methyl sites for hydroxylation is 1. The maximum atomic E-state index is 12.6. The third-order valence-electron chi connectivity index (χ3n) is 5.06. The number of ether oxygens (including phenoxy) is 1. The fourth-order valence-corrected chi connectivity index (χ4v) is 3.33. The predicted molar refractivity (Wildman–Crippen MR) is 112 cm³/mol. The van der Waals surface area contributed by atoms with Gasteiger partial charge in [-0.3, -0.25) is 9.78 Å². The van der Waals surface area contributed by atoms with Crippen molar-refractivity contribution in [1.82, 2.24) is 20.2 Å². The zero-order valence-electron chi connectivity index (χ0n) is 18.0. The van der Waals surface area contributed by atoms with Gasteiger partial charge >= 0.3 is 6.18 Å². The average molecular weight is 450 g/mol. The second kappa shape index (κ2) is 9.56. The Balaban J connectivity index is 1.76. The molecule has 3 heterocycles. The summed E-state index contributed by atoms with van der Waals surface area (Å²) in [4.78, 5) is 22.8. The van der Waals surface area contributed by atoms with E-state index in [1.807, 2.05) is 30.2 Å². The Morgan fingerprint density at radius 1 is 1.34 bits per heavy atom. The Labute approximate surface area is 183 Å². The molecule has 0 bridgehead atoms. The minimum absolute atomic E-state index is 0.0564. The van der Waals surface area contributed by atoms with E-state index in [0.717, 1.165) is 16.7 Å². The molecule has 2 N–H and O–H groups in total. The maximum absolute atomic E-state index is 12.6. The number of hydrogen-bond acceptors (Lipinski definition) is 6. The SMILES string of the molecule is Cc1cc(C(C)N2C=Cc3ccnc(C(=O)NC[C@H](C)O)c3C2)cnc1OCC(F)(F)F.